The van der Waals surface area contributed by atoms with E-state index in [9.17, 15) is 0 Å². The minimum absolute atomic E-state index is 0. The number of hydrogen-bond donors (Lipinski definition) is 0. The summed E-state index contributed by atoms with van der Waals surface area (Å²) in [5.41, 5.74) is 3.57. The van der Waals surface area contributed by atoms with E-state index >= 15 is 0 Å². The Morgan fingerprint density at radius 1 is 0.585 bits per heavy atom. The van der Waals surface area contributed by atoms with Crippen LogP contribution < -0.4 is 35.4 Å². The summed E-state index contributed by atoms with van der Waals surface area (Å²) in [6.07, 6.45) is 14.9. The predicted molar refractivity (Wildman–Crippen MR) is 176 cm³/mol. The number of rotatable bonds is 6. The molecular formula is C36H48Cl2HfP2. The van der Waals surface area contributed by atoms with Crippen LogP contribution in [0.3, 0.4) is 0 Å². The van der Waals surface area contributed by atoms with Crippen molar-refractivity contribution in [2.45, 2.75) is 115 Å². The van der Waals surface area contributed by atoms with Crippen molar-refractivity contribution in [3.8, 4) is 0 Å². The zero-order chi connectivity index (χ0) is 26.5. The van der Waals surface area contributed by atoms with E-state index in [1.165, 1.54) is 85.8 Å². The molecule has 2 aliphatic carbocycles. The normalized spacial score (nSPS) is 16.4. The van der Waals surface area contributed by atoms with Crippen LogP contribution in [0.5, 0.6) is 0 Å². The third-order valence-electron chi connectivity index (χ3n) is 8.85. The van der Waals surface area contributed by atoms with Crippen molar-refractivity contribution in [1.29, 1.82) is 0 Å². The fourth-order valence-corrected chi connectivity index (χ4v) is 14.0. The van der Waals surface area contributed by atoms with Crippen molar-refractivity contribution in [2.75, 3.05) is 0 Å². The summed E-state index contributed by atoms with van der Waals surface area (Å²) in [7, 11) is 0.0405. The van der Waals surface area contributed by atoms with E-state index in [1.54, 1.807) is 10.6 Å². The van der Waals surface area contributed by atoms with Gasteiger partial charge in [0.1, 0.15) is 0 Å². The molecule has 4 aromatic rings. The Morgan fingerprint density at radius 3 is 1.39 bits per heavy atom. The van der Waals surface area contributed by atoms with E-state index in [0.29, 0.717) is 0 Å². The van der Waals surface area contributed by atoms with Crippen LogP contribution in [0, 0.1) is 0 Å². The van der Waals surface area contributed by atoms with Gasteiger partial charge in [0.2, 0.25) is 0 Å². The van der Waals surface area contributed by atoms with Crippen molar-refractivity contribution in [3.05, 3.63) is 72.8 Å². The molecule has 0 heterocycles. The van der Waals surface area contributed by atoms with E-state index in [0.717, 1.165) is 22.6 Å². The molecule has 0 aliphatic heterocycles. The molecule has 0 aromatic heterocycles. The van der Waals surface area contributed by atoms with Gasteiger partial charge in [-0.15, -0.1) is 80.7 Å². The Balaban J connectivity index is 0.000000279. The van der Waals surface area contributed by atoms with Crippen molar-refractivity contribution in [3.63, 3.8) is 0 Å². The van der Waals surface area contributed by atoms with E-state index in [-0.39, 0.29) is 66.5 Å². The Labute approximate surface area is 284 Å². The minimum atomic E-state index is -0.0206. The van der Waals surface area contributed by atoms with Crippen molar-refractivity contribution >= 4 is 48.0 Å². The SMILES string of the molecule is CC(C)P(c1cc2ccccc2[cH-]1)C(C)C.[Cl-].[Cl-].[Hf+4].c1ccc2[cH-]c(P(C3CCCCC3)C3CCCCC3)cc2c1. The van der Waals surface area contributed by atoms with Crippen molar-refractivity contribution < 1.29 is 50.7 Å². The first-order valence-corrected chi connectivity index (χ1v) is 18.3. The molecule has 2 fully saturated rings. The molecule has 0 bridgehead atoms. The van der Waals surface area contributed by atoms with Gasteiger partial charge >= 0.3 is 25.8 Å². The van der Waals surface area contributed by atoms with Crippen molar-refractivity contribution in [1.82, 2.24) is 0 Å². The molecule has 6 rings (SSSR count). The summed E-state index contributed by atoms with van der Waals surface area (Å²) in [6, 6.07) is 27.5. The molecule has 0 unspecified atom stereocenters. The molecular weight excluding hydrogens is 744 g/mol. The molecule has 0 N–H and O–H groups in total. The molecule has 0 saturated heterocycles. The van der Waals surface area contributed by atoms with Crippen LogP contribution in [0.4, 0.5) is 0 Å². The Bertz CT molecular complexity index is 1190. The van der Waals surface area contributed by atoms with Crippen LogP contribution >= 0.6 is 15.8 Å². The third-order valence-corrected chi connectivity index (χ3v) is 15.4. The molecule has 0 amide bonds. The average molecular weight is 792 g/mol. The molecule has 2 saturated carbocycles. The summed E-state index contributed by atoms with van der Waals surface area (Å²) in [5, 5.41) is 9.03. The fourth-order valence-electron chi connectivity index (χ4n) is 7.20. The molecule has 0 spiro atoms. The molecule has 0 radical (unpaired) electrons. The molecule has 41 heavy (non-hydrogen) atoms. The van der Waals surface area contributed by atoms with Gasteiger partial charge in [0, 0.05) is 0 Å². The van der Waals surface area contributed by atoms with Gasteiger partial charge in [-0.3, -0.25) is 0 Å². The Kier molecular flexibility index (Phi) is 16.4. The van der Waals surface area contributed by atoms with Gasteiger partial charge in [-0.05, 0) is 48.3 Å². The van der Waals surface area contributed by atoms with E-state index < -0.39 is 0 Å². The van der Waals surface area contributed by atoms with Gasteiger partial charge in [0.05, 0.1) is 0 Å². The fraction of sp³-hybridized carbons (Fsp3) is 0.500. The number of benzene rings is 2. The smallest absolute Gasteiger partial charge is 1.00 e. The monoisotopic (exact) mass is 792 g/mol. The molecule has 5 heteroatoms. The first kappa shape index (κ1) is 37.2. The second-order valence-corrected chi connectivity index (χ2v) is 18.5. The second-order valence-electron chi connectivity index (χ2n) is 12.3. The third kappa shape index (κ3) is 9.48. The maximum atomic E-state index is 2.55. The maximum Gasteiger partial charge on any atom is 4.00 e. The standard InChI is InChI=1S/C21H28P.C15H20P.2ClH.Hf/c1-3-11-19(12-4-1)22(20-13-5-2-6-14-20)21-15-17-9-7-8-10-18(17)16-21;1-11(2)16(12(3)4)15-9-13-7-5-6-8-14(13)10-15;;;/h7-10,15-16,19-20H,1-6,11-14H2;5-12H,1-4H3;2*1H;/q2*-1;;;+4/p-2. The van der Waals surface area contributed by atoms with Gasteiger partial charge in [-0.25, -0.2) is 0 Å². The Hall–Kier alpha value is -0.0299. The summed E-state index contributed by atoms with van der Waals surface area (Å²) in [5.74, 6) is 0. The van der Waals surface area contributed by atoms with Crippen LogP contribution in [0.2, 0.25) is 0 Å². The summed E-state index contributed by atoms with van der Waals surface area (Å²) in [6.45, 7) is 9.40. The second kappa shape index (κ2) is 18.1. The van der Waals surface area contributed by atoms with Crippen LogP contribution in [-0.4, -0.2) is 22.6 Å². The maximum absolute atomic E-state index is 2.55. The largest absolute Gasteiger partial charge is 4.00 e. The van der Waals surface area contributed by atoms with Crippen LogP contribution in [0.25, 0.3) is 21.5 Å². The molecule has 0 nitrogen and oxygen atoms in total. The molecule has 4 aromatic carbocycles. The van der Waals surface area contributed by atoms with E-state index in [4.69, 9.17) is 0 Å². The van der Waals surface area contributed by atoms with Gasteiger partial charge in [-0.2, -0.15) is 12.1 Å². The predicted octanol–water partition coefficient (Wildman–Crippen LogP) is 4.82. The van der Waals surface area contributed by atoms with E-state index in [1.807, 2.05) is 0 Å². The van der Waals surface area contributed by atoms with Crippen LogP contribution in [0.15, 0.2) is 72.8 Å². The van der Waals surface area contributed by atoms with Gasteiger partial charge < -0.3 is 24.8 Å². The number of halogens is 2. The van der Waals surface area contributed by atoms with E-state index in [2.05, 4.69) is 100 Å². The summed E-state index contributed by atoms with van der Waals surface area (Å²) in [4.78, 5) is 0. The van der Waals surface area contributed by atoms with Gasteiger partial charge in [0.15, 0.2) is 0 Å². The quantitative estimate of drug-likeness (QED) is 0.150. The first-order valence-electron chi connectivity index (χ1n) is 15.4. The first-order chi connectivity index (χ1) is 18.5. The average Bonchev–Trinajstić information content (AvgIpc) is 3.54. The Morgan fingerprint density at radius 2 is 0.976 bits per heavy atom. The summed E-state index contributed by atoms with van der Waals surface area (Å²) < 4.78 is 0. The number of fused-ring (bicyclic) bond motifs is 2. The van der Waals surface area contributed by atoms with Gasteiger partial charge in [-0.1, -0.05) is 94.2 Å². The minimum Gasteiger partial charge on any atom is -1.00 e. The van der Waals surface area contributed by atoms with Crippen LogP contribution in [-0.2, 0) is 25.8 Å². The number of hydrogen-bond acceptors (Lipinski definition) is 0. The van der Waals surface area contributed by atoms with Crippen LogP contribution in [0.1, 0.15) is 91.9 Å². The summed E-state index contributed by atoms with van der Waals surface area (Å²) >= 11 is 0. The zero-order valence-corrected chi connectivity index (χ0v) is 32.4. The van der Waals surface area contributed by atoms with Gasteiger partial charge in [0.25, 0.3) is 0 Å². The molecule has 2 aliphatic rings. The topological polar surface area (TPSA) is 0 Å². The zero-order valence-electron chi connectivity index (χ0n) is 25.5. The molecule has 220 valence electrons. The van der Waals surface area contributed by atoms with Crippen molar-refractivity contribution in [2.24, 2.45) is 0 Å². The molecule has 0 atom stereocenters.